The molecule has 0 aromatic rings. The predicted molar refractivity (Wildman–Crippen MR) is 84.9 cm³/mol. The number of halogens is 6. The molecule has 0 aromatic carbocycles. The Balaban J connectivity index is 0. The van der Waals surface area contributed by atoms with Crippen LogP contribution in [0.15, 0.2) is 0 Å². The van der Waals surface area contributed by atoms with E-state index in [1.54, 1.807) is 0 Å². The molecule has 0 amide bonds. The highest BCUT2D eigenvalue weighted by atomic mass is 32.2. The van der Waals surface area contributed by atoms with Crippen LogP contribution in [0.1, 0.15) is 32.6 Å². The Labute approximate surface area is 151 Å². The number of carboxylic acids is 2. The fourth-order valence-electron chi connectivity index (χ4n) is 1.92. The van der Waals surface area contributed by atoms with Crippen LogP contribution in [0.5, 0.6) is 0 Å². The highest BCUT2D eigenvalue weighted by Crippen LogP contribution is 2.30. The molecule has 0 unspecified atom stereocenters. The molecular formula is C14H23F6NO4S. The van der Waals surface area contributed by atoms with E-state index in [-0.39, 0.29) is 0 Å². The fourth-order valence-corrected chi connectivity index (χ4v) is 2.82. The Bertz CT molecular complexity index is 385. The quantitative estimate of drug-likeness (QED) is 0.605. The van der Waals surface area contributed by atoms with Gasteiger partial charge in [0.2, 0.25) is 0 Å². The number of hydrogen-bond acceptors (Lipinski definition) is 4. The lowest BCUT2D eigenvalue weighted by Crippen LogP contribution is -2.22. The minimum Gasteiger partial charge on any atom is -0.475 e. The first-order valence-electron chi connectivity index (χ1n) is 7.63. The third-order valence-corrected chi connectivity index (χ3v) is 4.46. The largest absolute Gasteiger partial charge is 0.490 e. The Morgan fingerprint density at radius 3 is 1.46 bits per heavy atom. The average Bonchev–Trinajstić information content (AvgIpc) is 2.52. The first-order chi connectivity index (χ1) is 11.8. The van der Waals surface area contributed by atoms with Gasteiger partial charge < -0.3 is 15.9 Å². The van der Waals surface area contributed by atoms with Gasteiger partial charge in [-0.3, -0.25) is 0 Å². The molecule has 0 radical (unpaired) electrons. The van der Waals surface area contributed by atoms with Gasteiger partial charge in [0.05, 0.1) is 0 Å². The molecule has 1 aliphatic rings. The summed E-state index contributed by atoms with van der Waals surface area (Å²) in [5.74, 6) is -1.02. The molecule has 1 rings (SSSR count). The van der Waals surface area contributed by atoms with Crippen molar-refractivity contribution in [1.29, 1.82) is 0 Å². The maximum Gasteiger partial charge on any atom is 0.490 e. The zero-order chi connectivity index (χ0) is 21.0. The van der Waals surface area contributed by atoms with E-state index in [4.69, 9.17) is 25.5 Å². The Kier molecular flexibility index (Phi) is 13.6. The zero-order valence-electron chi connectivity index (χ0n) is 14.1. The third-order valence-electron chi connectivity index (χ3n) is 3.34. The number of rotatable bonds is 4. The fraction of sp³-hybridized carbons (Fsp3) is 0.857. The number of alkyl halides is 6. The van der Waals surface area contributed by atoms with Gasteiger partial charge in [-0.05, 0) is 55.6 Å². The minimum absolute atomic E-state index is 0.841. The van der Waals surface area contributed by atoms with Crippen molar-refractivity contribution in [2.45, 2.75) is 45.0 Å². The van der Waals surface area contributed by atoms with Crippen LogP contribution in [-0.4, -0.2) is 52.6 Å². The van der Waals surface area contributed by atoms with Crippen molar-refractivity contribution < 1.29 is 46.1 Å². The van der Waals surface area contributed by atoms with E-state index in [1.807, 2.05) is 0 Å². The monoisotopic (exact) mass is 415 g/mol. The first-order valence-corrected chi connectivity index (χ1v) is 8.79. The summed E-state index contributed by atoms with van der Waals surface area (Å²) in [6, 6.07) is 0. The number of carbonyl (C=O) groups is 2. The molecule has 0 atom stereocenters. The number of aliphatic carboxylic acids is 2. The van der Waals surface area contributed by atoms with Crippen LogP contribution in [0.3, 0.4) is 0 Å². The summed E-state index contributed by atoms with van der Waals surface area (Å²) in [4.78, 5) is 17.8. The number of nitrogens with two attached hydrogens (primary N) is 1. The molecule has 12 heteroatoms. The molecule has 0 spiro atoms. The molecule has 4 N–H and O–H groups in total. The van der Waals surface area contributed by atoms with Crippen molar-refractivity contribution in [2.75, 3.05) is 18.1 Å². The average molecular weight is 415 g/mol. The van der Waals surface area contributed by atoms with Crippen LogP contribution in [0.4, 0.5) is 26.3 Å². The van der Waals surface area contributed by atoms with E-state index >= 15 is 0 Å². The van der Waals surface area contributed by atoms with E-state index < -0.39 is 24.3 Å². The standard InChI is InChI=1S/C10H21NS.2C2HF3O2/c1-2-12-8-10-5-3-9(7-11)4-6-10;2*3-2(4,5)1(6)7/h9-10H,2-8,11H2,1H3;2*(H,6,7)/t9-,10-;;. The van der Waals surface area contributed by atoms with Crippen LogP contribution >= 0.6 is 11.8 Å². The van der Waals surface area contributed by atoms with Crippen molar-refractivity contribution in [3.63, 3.8) is 0 Å². The second kappa shape index (κ2) is 13.1. The van der Waals surface area contributed by atoms with Crippen molar-refractivity contribution >= 4 is 23.7 Å². The summed E-state index contributed by atoms with van der Waals surface area (Å²) in [5.41, 5.74) is 5.64. The lowest BCUT2D eigenvalue weighted by molar-refractivity contribution is -0.193. The lowest BCUT2D eigenvalue weighted by Gasteiger charge is -2.27. The van der Waals surface area contributed by atoms with Crippen LogP contribution in [0.2, 0.25) is 0 Å². The van der Waals surface area contributed by atoms with Crippen molar-refractivity contribution in [3.05, 3.63) is 0 Å². The Morgan fingerprint density at radius 1 is 0.923 bits per heavy atom. The molecule has 1 fully saturated rings. The van der Waals surface area contributed by atoms with Gasteiger partial charge in [0.25, 0.3) is 0 Å². The molecule has 0 bridgehead atoms. The summed E-state index contributed by atoms with van der Waals surface area (Å²) < 4.78 is 63.5. The van der Waals surface area contributed by atoms with Gasteiger partial charge in [-0.25, -0.2) is 9.59 Å². The van der Waals surface area contributed by atoms with Gasteiger partial charge in [0.1, 0.15) is 0 Å². The van der Waals surface area contributed by atoms with E-state index in [0.29, 0.717) is 0 Å². The van der Waals surface area contributed by atoms with E-state index in [2.05, 4.69) is 18.7 Å². The Hall–Kier alpha value is -1.17. The van der Waals surface area contributed by atoms with E-state index in [1.165, 1.54) is 37.2 Å². The second-order valence-electron chi connectivity index (χ2n) is 5.39. The second-order valence-corrected chi connectivity index (χ2v) is 6.71. The number of carboxylic acid groups (broad SMARTS) is 2. The minimum atomic E-state index is -5.08. The summed E-state index contributed by atoms with van der Waals surface area (Å²) in [6.45, 7) is 3.16. The van der Waals surface area contributed by atoms with Crippen molar-refractivity contribution in [2.24, 2.45) is 17.6 Å². The summed E-state index contributed by atoms with van der Waals surface area (Å²) in [6.07, 6.45) is -4.55. The van der Waals surface area contributed by atoms with Gasteiger partial charge in [-0.1, -0.05) is 6.92 Å². The van der Waals surface area contributed by atoms with Crippen molar-refractivity contribution in [1.82, 2.24) is 0 Å². The summed E-state index contributed by atoms with van der Waals surface area (Å²) >= 11 is 2.09. The van der Waals surface area contributed by atoms with Gasteiger partial charge >= 0.3 is 24.3 Å². The van der Waals surface area contributed by atoms with Crippen LogP contribution in [0, 0.1) is 11.8 Å². The molecule has 1 aliphatic carbocycles. The van der Waals surface area contributed by atoms with E-state index in [9.17, 15) is 26.3 Å². The Morgan fingerprint density at radius 2 is 1.23 bits per heavy atom. The maximum absolute atomic E-state index is 10.6. The van der Waals surface area contributed by atoms with Gasteiger partial charge in [-0.15, -0.1) is 0 Å². The first kappa shape index (κ1) is 27.1. The smallest absolute Gasteiger partial charge is 0.475 e. The molecular weight excluding hydrogens is 392 g/mol. The topological polar surface area (TPSA) is 101 Å². The molecule has 0 aromatic heterocycles. The van der Waals surface area contributed by atoms with Crippen LogP contribution in [-0.2, 0) is 9.59 Å². The summed E-state index contributed by atoms with van der Waals surface area (Å²) in [5, 5.41) is 14.2. The van der Waals surface area contributed by atoms with Gasteiger partial charge in [0.15, 0.2) is 0 Å². The molecule has 26 heavy (non-hydrogen) atoms. The maximum atomic E-state index is 10.6. The predicted octanol–water partition coefficient (Wildman–Crippen LogP) is 3.77. The number of hydrogen-bond donors (Lipinski definition) is 3. The SMILES string of the molecule is CCSC[C@H]1CC[C@H](CN)CC1.O=C(O)C(F)(F)F.O=C(O)C(F)(F)F. The van der Waals surface area contributed by atoms with E-state index in [0.717, 1.165) is 18.4 Å². The highest BCUT2D eigenvalue weighted by molar-refractivity contribution is 7.99. The molecule has 0 saturated heterocycles. The normalized spacial score (nSPS) is 20.2. The van der Waals surface area contributed by atoms with Crippen LogP contribution in [0.25, 0.3) is 0 Å². The van der Waals surface area contributed by atoms with Gasteiger partial charge in [-0.2, -0.15) is 38.1 Å². The van der Waals surface area contributed by atoms with Crippen LogP contribution < -0.4 is 5.73 Å². The van der Waals surface area contributed by atoms with Crippen molar-refractivity contribution in [3.8, 4) is 0 Å². The molecule has 0 heterocycles. The lowest BCUT2D eigenvalue weighted by atomic mass is 9.83. The molecule has 0 aliphatic heterocycles. The third kappa shape index (κ3) is 15.1. The highest BCUT2D eigenvalue weighted by Gasteiger charge is 2.38. The summed E-state index contributed by atoms with van der Waals surface area (Å²) in [7, 11) is 0. The molecule has 5 nitrogen and oxygen atoms in total. The van der Waals surface area contributed by atoms with Gasteiger partial charge in [0, 0.05) is 0 Å². The number of thioether (sulfide) groups is 1. The molecule has 1 saturated carbocycles. The zero-order valence-corrected chi connectivity index (χ0v) is 14.9. The molecule has 156 valence electrons.